The van der Waals surface area contributed by atoms with Crippen LogP contribution in [0, 0.1) is 5.82 Å². The second-order valence-corrected chi connectivity index (χ2v) is 11.7. The lowest BCUT2D eigenvalue weighted by atomic mass is 9.92. The normalized spacial score (nSPS) is 21.6. The van der Waals surface area contributed by atoms with Crippen molar-refractivity contribution >= 4 is 49.7 Å². The summed E-state index contributed by atoms with van der Waals surface area (Å²) in [6, 6.07) is 5.89. The van der Waals surface area contributed by atoms with Crippen LogP contribution in [0.15, 0.2) is 41.7 Å². The molecule has 174 valence electrons. The first-order valence-corrected chi connectivity index (χ1v) is 12.1. The molecule has 33 heavy (non-hydrogen) atoms. The Bertz CT molecular complexity index is 1410. The summed E-state index contributed by atoms with van der Waals surface area (Å²) in [6.45, 7) is 4.28. The second-order valence-electron chi connectivity index (χ2n) is 8.70. The Morgan fingerprint density at radius 3 is 2.61 bits per heavy atom. The van der Waals surface area contributed by atoms with Crippen molar-refractivity contribution in [1.82, 2.24) is 9.97 Å². The van der Waals surface area contributed by atoms with E-state index in [2.05, 4.69) is 20.3 Å². The van der Waals surface area contributed by atoms with Crippen LogP contribution in [-0.2, 0) is 22.0 Å². The van der Waals surface area contributed by atoms with Gasteiger partial charge >= 0.3 is 0 Å². The van der Waals surface area contributed by atoms with E-state index in [9.17, 15) is 17.9 Å². The van der Waals surface area contributed by atoms with Gasteiger partial charge in [-0.25, -0.2) is 17.8 Å². The van der Waals surface area contributed by atoms with Gasteiger partial charge in [0.2, 0.25) is 0 Å². The van der Waals surface area contributed by atoms with E-state index in [0.29, 0.717) is 33.0 Å². The number of rotatable bonds is 4. The number of hydrogen-bond donors (Lipinski definition) is 3. The van der Waals surface area contributed by atoms with Gasteiger partial charge in [-0.2, -0.15) is 0 Å². The summed E-state index contributed by atoms with van der Waals surface area (Å²) in [5.74, 6) is -0.697. The quantitative estimate of drug-likeness (QED) is 0.509. The average molecular weight is 492 g/mol. The number of aromatic nitrogens is 2. The molecule has 0 saturated heterocycles. The van der Waals surface area contributed by atoms with Crippen LogP contribution in [-0.4, -0.2) is 39.8 Å². The van der Waals surface area contributed by atoms with E-state index in [1.165, 1.54) is 44.4 Å². The molecular weight excluding hydrogens is 469 g/mol. The number of hydrogen-bond acceptors (Lipinski definition) is 8. The molecule has 3 heterocycles. The highest BCUT2D eigenvalue weighted by Gasteiger charge is 2.49. The Balaban J connectivity index is 1.79. The van der Waals surface area contributed by atoms with Crippen LogP contribution in [0.1, 0.15) is 31.9 Å². The molecule has 4 rings (SSSR count). The molecule has 0 bridgehead atoms. The Labute approximate surface area is 195 Å². The van der Waals surface area contributed by atoms with Crippen LogP contribution in [0.25, 0.3) is 10.9 Å². The van der Waals surface area contributed by atoms with Crippen LogP contribution in [0.2, 0.25) is 5.02 Å². The minimum Gasteiger partial charge on any atom is -0.392 e. The molecule has 0 unspecified atom stereocenters. The van der Waals surface area contributed by atoms with Crippen LogP contribution >= 0.6 is 11.6 Å². The number of nitrogens with zero attached hydrogens (tertiary/aromatic N) is 3. The number of amidine groups is 1. The van der Waals surface area contributed by atoms with Gasteiger partial charge in [0.05, 0.1) is 17.4 Å². The maximum absolute atomic E-state index is 14.9. The fourth-order valence-electron chi connectivity index (χ4n) is 3.80. The maximum atomic E-state index is 14.9. The minimum atomic E-state index is -3.70. The third-order valence-corrected chi connectivity index (χ3v) is 8.90. The summed E-state index contributed by atoms with van der Waals surface area (Å²) in [7, 11) is -3.70. The first-order valence-electron chi connectivity index (χ1n) is 10.1. The average Bonchev–Trinajstić information content (AvgIpc) is 2.73. The van der Waals surface area contributed by atoms with Gasteiger partial charge in [0.1, 0.15) is 27.5 Å². The predicted octanol–water partition coefficient (Wildman–Crippen LogP) is 3.44. The highest BCUT2D eigenvalue weighted by atomic mass is 35.5. The maximum Gasteiger partial charge on any atom is 0.165 e. The largest absolute Gasteiger partial charge is 0.392 e. The summed E-state index contributed by atoms with van der Waals surface area (Å²) < 4.78 is 39.3. The Morgan fingerprint density at radius 2 is 1.94 bits per heavy atom. The number of aliphatic hydroxyl groups is 1. The van der Waals surface area contributed by atoms with Crippen molar-refractivity contribution in [2.75, 3.05) is 11.1 Å². The zero-order chi connectivity index (χ0) is 24.2. The monoisotopic (exact) mass is 491 g/mol. The molecule has 0 saturated carbocycles. The van der Waals surface area contributed by atoms with Crippen molar-refractivity contribution in [1.29, 1.82) is 0 Å². The summed E-state index contributed by atoms with van der Waals surface area (Å²) in [6.07, 6.45) is 2.95. The number of halogens is 2. The summed E-state index contributed by atoms with van der Waals surface area (Å²) in [5.41, 5.74) is 6.15. The van der Waals surface area contributed by atoms with Gasteiger partial charge in [-0.05, 0) is 45.0 Å². The van der Waals surface area contributed by atoms with Gasteiger partial charge in [-0.3, -0.25) is 9.98 Å². The Kier molecular flexibility index (Phi) is 5.58. The van der Waals surface area contributed by atoms with E-state index in [-0.39, 0.29) is 23.8 Å². The fraction of sp³-hybridized carbons (Fsp3) is 0.318. The number of aliphatic imine (C=N–C) groups is 1. The van der Waals surface area contributed by atoms with Crippen LogP contribution in [0.5, 0.6) is 0 Å². The van der Waals surface area contributed by atoms with E-state index in [1.54, 1.807) is 13.0 Å². The van der Waals surface area contributed by atoms with Crippen molar-refractivity contribution < 1.29 is 17.9 Å². The lowest BCUT2D eigenvalue weighted by Gasteiger charge is -2.38. The van der Waals surface area contributed by atoms with Gasteiger partial charge in [0, 0.05) is 34.6 Å². The smallest absolute Gasteiger partial charge is 0.165 e. The zero-order valence-electron chi connectivity index (χ0n) is 18.2. The minimum absolute atomic E-state index is 0.0673. The number of pyridine rings is 2. The van der Waals surface area contributed by atoms with Gasteiger partial charge in [-0.15, -0.1) is 0 Å². The SMILES string of the molecule is CC1(C)C(N)=N[C@](C)(c2cc(Nc3ncc(CO)c4cc(Cl)cnc34)ccc2F)CS1(=O)=O. The highest BCUT2D eigenvalue weighted by Crippen LogP contribution is 2.39. The van der Waals surface area contributed by atoms with Crippen LogP contribution in [0.4, 0.5) is 15.9 Å². The van der Waals surface area contributed by atoms with E-state index in [4.69, 9.17) is 17.3 Å². The Hall–Kier alpha value is -2.82. The number of benzene rings is 1. The molecule has 11 heteroatoms. The molecule has 1 atom stereocenters. The number of nitrogens with one attached hydrogen (secondary N) is 1. The molecule has 2 aromatic heterocycles. The number of fused-ring (bicyclic) bond motifs is 1. The number of sulfone groups is 1. The number of nitrogens with two attached hydrogens (primary N) is 1. The van der Waals surface area contributed by atoms with Crippen LogP contribution in [0.3, 0.4) is 0 Å². The van der Waals surface area contributed by atoms with Gasteiger partial charge in [-0.1, -0.05) is 11.6 Å². The standard InChI is InChI=1S/C22H23ClFN5O3S/c1-21(2)20(25)29-22(3,11-33(21,31)32)16-7-14(4-5-17(16)24)28-19-18-15(6-13(23)9-26-18)12(10-30)8-27-19/h4-9,30H,10-11H2,1-3H3,(H2,25,29)(H,27,28)/t22-/m0/s1. The summed E-state index contributed by atoms with van der Waals surface area (Å²) in [5, 5.41) is 13.7. The molecule has 0 amide bonds. The van der Waals surface area contributed by atoms with Crippen molar-refractivity contribution in [2.45, 2.75) is 37.7 Å². The summed E-state index contributed by atoms with van der Waals surface area (Å²) in [4.78, 5) is 13.0. The molecule has 0 radical (unpaired) electrons. The molecule has 8 nitrogen and oxygen atoms in total. The molecule has 1 aliphatic rings. The molecule has 4 N–H and O–H groups in total. The number of aliphatic hydroxyl groups excluding tert-OH is 1. The summed E-state index contributed by atoms with van der Waals surface area (Å²) >= 11 is 6.06. The van der Waals surface area contributed by atoms with Crippen LogP contribution < -0.4 is 11.1 Å². The lowest BCUT2D eigenvalue weighted by molar-refractivity contribution is 0.283. The zero-order valence-corrected chi connectivity index (χ0v) is 19.8. The predicted molar refractivity (Wildman–Crippen MR) is 127 cm³/mol. The first kappa shape index (κ1) is 23.3. The van der Waals surface area contributed by atoms with Crippen molar-refractivity contribution in [3.63, 3.8) is 0 Å². The van der Waals surface area contributed by atoms with Crippen molar-refractivity contribution in [3.8, 4) is 0 Å². The molecular formula is C22H23ClFN5O3S. The number of anilines is 2. The fourth-order valence-corrected chi connectivity index (χ4v) is 5.64. The Morgan fingerprint density at radius 1 is 1.21 bits per heavy atom. The third kappa shape index (κ3) is 3.92. The van der Waals surface area contributed by atoms with E-state index in [1.807, 2.05) is 0 Å². The van der Waals surface area contributed by atoms with Gasteiger partial charge in [0.15, 0.2) is 15.7 Å². The first-order chi connectivity index (χ1) is 15.4. The third-order valence-electron chi connectivity index (χ3n) is 5.99. The van der Waals surface area contributed by atoms with E-state index >= 15 is 0 Å². The molecule has 3 aromatic rings. The van der Waals surface area contributed by atoms with Crippen molar-refractivity contribution in [3.05, 3.63) is 58.6 Å². The van der Waals surface area contributed by atoms with Gasteiger partial charge < -0.3 is 16.2 Å². The lowest BCUT2D eigenvalue weighted by Crippen LogP contribution is -2.54. The molecule has 0 fully saturated rings. The van der Waals surface area contributed by atoms with Gasteiger partial charge in [0.25, 0.3) is 0 Å². The molecule has 0 aliphatic carbocycles. The topological polar surface area (TPSA) is 131 Å². The van der Waals surface area contributed by atoms with Crippen molar-refractivity contribution in [2.24, 2.45) is 10.7 Å². The van der Waals surface area contributed by atoms with E-state index < -0.39 is 25.9 Å². The molecule has 1 aliphatic heterocycles. The van der Waals surface area contributed by atoms with E-state index in [0.717, 1.165) is 0 Å². The highest BCUT2D eigenvalue weighted by molar-refractivity contribution is 7.93. The molecule has 1 aromatic carbocycles. The molecule has 0 spiro atoms. The second kappa shape index (κ2) is 7.89.